The second kappa shape index (κ2) is 13.5. The minimum atomic E-state index is -0.600. The fourth-order valence-corrected chi connectivity index (χ4v) is 3.85. The zero-order valence-corrected chi connectivity index (χ0v) is 20.1. The molecule has 33 heavy (non-hydrogen) atoms. The lowest BCUT2D eigenvalue weighted by Gasteiger charge is -2.43. The second-order valence-electron chi connectivity index (χ2n) is 8.31. The summed E-state index contributed by atoms with van der Waals surface area (Å²) in [5.74, 6) is -1.41. The molecule has 1 aromatic carbocycles. The number of benzene rings is 1. The summed E-state index contributed by atoms with van der Waals surface area (Å²) in [4.78, 5) is 35.3. The Bertz CT molecular complexity index is 811. The molecule has 0 saturated carbocycles. The molecule has 2 N–H and O–H groups in total. The average molecular weight is 485 g/mol. The van der Waals surface area contributed by atoms with E-state index in [4.69, 9.17) is 14.2 Å². The minimum absolute atomic E-state index is 0.0223. The highest BCUT2D eigenvalue weighted by Crippen LogP contribution is 2.33. The summed E-state index contributed by atoms with van der Waals surface area (Å²) < 4.78 is 33.1. The quantitative estimate of drug-likeness (QED) is 0.253. The molecule has 2 rings (SSSR count). The molecule has 0 spiro atoms. The molecule has 10 heteroatoms. The second-order valence-corrected chi connectivity index (χ2v) is 8.53. The topological polar surface area (TPSA) is 103 Å². The van der Waals surface area contributed by atoms with Crippen molar-refractivity contribution in [1.82, 2.24) is 10.0 Å². The summed E-state index contributed by atoms with van der Waals surface area (Å²) in [6.07, 6.45) is 0.00867. The Labute approximate surface area is 199 Å². The Morgan fingerprint density at radius 2 is 1.91 bits per heavy atom. The van der Waals surface area contributed by atoms with Gasteiger partial charge in [0, 0.05) is 38.3 Å². The number of halogens is 1. The van der Waals surface area contributed by atoms with Gasteiger partial charge in [-0.3, -0.25) is 14.4 Å². The third kappa shape index (κ3) is 8.94. The summed E-state index contributed by atoms with van der Waals surface area (Å²) in [7, 11) is 0. The van der Waals surface area contributed by atoms with Gasteiger partial charge in [0.2, 0.25) is 11.8 Å². The van der Waals surface area contributed by atoms with Crippen LogP contribution in [-0.4, -0.2) is 49.4 Å². The smallest absolute Gasteiger partial charge is 0.303 e. The largest absolute Gasteiger partial charge is 0.459 e. The number of nitrogens with one attached hydrogen (secondary N) is 2. The predicted octanol–water partition coefficient (Wildman–Crippen LogP) is 2.56. The molecule has 1 aliphatic heterocycles. The van der Waals surface area contributed by atoms with E-state index in [1.165, 1.54) is 19.1 Å². The Morgan fingerprint density at radius 3 is 2.58 bits per heavy atom. The Morgan fingerprint density at radius 1 is 1.15 bits per heavy atom. The van der Waals surface area contributed by atoms with Crippen molar-refractivity contribution in [2.45, 2.75) is 65.0 Å². The molecule has 0 aromatic heterocycles. The zero-order valence-electron chi connectivity index (χ0n) is 19.2. The van der Waals surface area contributed by atoms with E-state index in [0.29, 0.717) is 31.4 Å². The molecule has 1 saturated heterocycles. The molecule has 0 radical (unpaired) electrons. The predicted molar refractivity (Wildman–Crippen MR) is 123 cm³/mol. The molecule has 1 aromatic rings. The first kappa shape index (κ1) is 27.1. The van der Waals surface area contributed by atoms with Crippen molar-refractivity contribution < 1.29 is 33.0 Å². The maximum absolute atomic E-state index is 13.4. The molecule has 184 valence electrons. The third-order valence-electron chi connectivity index (χ3n) is 5.71. The van der Waals surface area contributed by atoms with E-state index in [1.54, 1.807) is 12.1 Å². The SMILES string of the molecule is CC(=O)O[C@H]1C(CNC(=O)Cc2cccc(F)c2)OC(OCCCCC(=O)NS)C(C)[C@H]1C. The van der Waals surface area contributed by atoms with Crippen LogP contribution in [0.3, 0.4) is 0 Å². The number of hydrogen-bond acceptors (Lipinski definition) is 7. The van der Waals surface area contributed by atoms with Crippen molar-refractivity contribution >= 4 is 30.6 Å². The Balaban J connectivity index is 1.93. The van der Waals surface area contributed by atoms with Crippen LogP contribution in [0.25, 0.3) is 0 Å². The van der Waals surface area contributed by atoms with Crippen molar-refractivity contribution in [2.24, 2.45) is 11.8 Å². The highest BCUT2D eigenvalue weighted by Gasteiger charge is 2.44. The van der Waals surface area contributed by atoms with Crippen molar-refractivity contribution in [3.63, 3.8) is 0 Å². The standard InChI is InChI=1S/C23H33FN2O6S/c1-14-15(2)23(30-10-5-4-9-20(28)26-33)32-19(22(14)31-16(3)27)13-25-21(29)12-17-7-6-8-18(24)11-17/h6-8,11,14-15,19,22-23,33H,4-5,9-10,12-13H2,1-3H3,(H,25,29)(H,26,28)/t14-,15?,19?,22-,23?/m1/s1. The van der Waals surface area contributed by atoms with Gasteiger partial charge in [-0.1, -0.05) is 38.8 Å². The van der Waals surface area contributed by atoms with Gasteiger partial charge in [0.25, 0.3) is 0 Å². The van der Waals surface area contributed by atoms with Crippen LogP contribution >= 0.6 is 12.8 Å². The summed E-state index contributed by atoms with van der Waals surface area (Å²) in [6.45, 7) is 5.76. The maximum Gasteiger partial charge on any atom is 0.303 e. The van der Waals surface area contributed by atoms with Gasteiger partial charge >= 0.3 is 5.97 Å². The van der Waals surface area contributed by atoms with Crippen LogP contribution < -0.4 is 10.0 Å². The van der Waals surface area contributed by atoms with E-state index >= 15 is 0 Å². The lowest BCUT2D eigenvalue weighted by Crippen LogP contribution is -2.55. The van der Waals surface area contributed by atoms with Crippen LogP contribution in [-0.2, 0) is 35.0 Å². The van der Waals surface area contributed by atoms with Gasteiger partial charge in [0.05, 0.1) is 6.42 Å². The van der Waals surface area contributed by atoms with E-state index in [2.05, 4.69) is 22.9 Å². The molecule has 8 nitrogen and oxygen atoms in total. The van der Waals surface area contributed by atoms with Gasteiger partial charge in [-0.25, -0.2) is 4.39 Å². The van der Waals surface area contributed by atoms with E-state index in [9.17, 15) is 18.8 Å². The van der Waals surface area contributed by atoms with Crippen LogP contribution in [0, 0.1) is 17.7 Å². The molecule has 5 atom stereocenters. The molecule has 2 amide bonds. The van der Waals surface area contributed by atoms with E-state index < -0.39 is 30.3 Å². The van der Waals surface area contributed by atoms with Crippen LogP contribution in [0.1, 0.15) is 45.6 Å². The lowest BCUT2D eigenvalue weighted by molar-refractivity contribution is -0.265. The molecule has 1 fully saturated rings. The number of unbranched alkanes of at least 4 members (excludes halogenated alkanes) is 1. The van der Waals surface area contributed by atoms with Crippen LogP contribution in [0.2, 0.25) is 0 Å². The van der Waals surface area contributed by atoms with Gasteiger partial charge in [0.15, 0.2) is 6.29 Å². The molecule has 3 unspecified atom stereocenters. The number of ether oxygens (including phenoxy) is 3. The first-order valence-electron chi connectivity index (χ1n) is 11.1. The Kier molecular flexibility index (Phi) is 11.1. The number of carbonyl (C=O) groups excluding carboxylic acids is 3. The first-order valence-corrected chi connectivity index (χ1v) is 11.5. The molecular weight excluding hydrogens is 451 g/mol. The van der Waals surface area contributed by atoms with E-state index in [-0.39, 0.29) is 36.6 Å². The molecule has 0 aliphatic carbocycles. The number of rotatable bonds is 11. The Hall–Kier alpha value is -2.17. The van der Waals surface area contributed by atoms with Crippen molar-refractivity contribution in [3.05, 3.63) is 35.6 Å². The van der Waals surface area contributed by atoms with Gasteiger partial charge < -0.3 is 24.2 Å². The number of hydrogen-bond donors (Lipinski definition) is 3. The van der Waals surface area contributed by atoms with Gasteiger partial charge in [-0.15, -0.1) is 0 Å². The van der Waals surface area contributed by atoms with E-state index in [0.717, 1.165) is 0 Å². The summed E-state index contributed by atoms with van der Waals surface area (Å²) in [5.41, 5.74) is 0.559. The first-order chi connectivity index (χ1) is 15.7. The molecule has 1 heterocycles. The molecular formula is C23H33FN2O6S. The lowest BCUT2D eigenvalue weighted by atomic mass is 9.84. The van der Waals surface area contributed by atoms with Crippen molar-refractivity contribution in [3.8, 4) is 0 Å². The highest BCUT2D eigenvalue weighted by molar-refractivity contribution is 7.78. The number of amides is 2. The van der Waals surface area contributed by atoms with E-state index in [1.807, 2.05) is 13.8 Å². The van der Waals surface area contributed by atoms with Crippen LogP contribution in [0.15, 0.2) is 24.3 Å². The maximum atomic E-state index is 13.4. The number of esters is 1. The zero-order chi connectivity index (χ0) is 24.4. The average Bonchev–Trinajstić information content (AvgIpc) is 2.76. The van der Waals surface area contributed by atoms with Crippen molar-refractivity contribution in [2.75, 3.05) is 13.2 Å². The monoisotopic (exact) mass is 484 g/mol. The number of thiol groups is 1. The van der Waals surface area contributed by atoms with Gasteiger partial charge in [-0.2, -0.15) is 0 Å². The fraction of sp³-hybridized carbons (Fsp3) is 0.609. The molecule has 1 aliphatic rings. The normalized spacial score (nSPS) is 24.7. The molecule has 0 bridgehead atoms. The minimum Gasteiger partial charge on any atom is -0.459 e. The summed E-state index contributed by atoms with van der Waals surface area (Å²) in [6, 6.07) is 5.86. The summed E-state index contributed by atoms with van der Waals surface area (Å²) >= 11 is 3.72. The van der Waals surface area contributed by atoms with Crippen molar-refractivity contribution in [1.29, 1.82) is 0 Å². The third-order valence-corrected chi connectivity index (χ3v) is 5.96. The highest BCUT2D eigenvalue weighted by atomic mass is 32.1. The van der Waals surface area contributed by atoms with Gasteiger partial charge in [-0.05, 0) is 30.5 Å². The van der Waals surface area contributed by atoms with Gasteiger partial charge in [0.1, 0.15) is 18.0 Å². The van der Waals surface area contributed by atoms with Crippen LogP contribution in [0.4, 0.5) is 4.39 Å². The fourth-order valence-electron chi connectivity index (χ4n) is 3.74. The number of carbonyl (C=O) groups is 3. The van der Waals surface area contributed by atoms with Crippen LogP contribution in [0.5, 0.6) is 0 Å². The summed E-state index contributed by atoms with van der Waals surface area (Å²) in [5, 5.41) is 2.79.